The molecule has 2 aromatic carbocycles. The van der Waals surface area contributed by atoms with Crippen LogP contribution in [0.15, 0.2) is 83.5 Å². The zero-order valence-electron chi connectivity index (χ0n) is 19.8. The first-order valence-corrected chi connectivity index (χ1v) is 11.1. The van der Waals surface area contributed by atoms with Gasteiger partial charge >= 0.3 is 0 Å². The monoisotopic (exact) mass is 447 g/mol. The molecule has 0 amide bonds. The maximum atomic E-state index is 14.3. The SMILES string of the molecule is CC(C)C(C)C(C=C(N)C(C)(C)c1cccc(-c2ccc(F)cc2F)n1)=Nc1ccccc1. The number of aliphatic imine (C=N–C) groups is 1. The first-order chi connectivity index (χ1) is 15.6. The average molecular weight is 448 g/mol. The quantitative estimate of drug-likeness (QED) is 0.389. The van der Waals surface area contributed by atoms with Gasteiger partial charge in [-0.25, -0.2) is 8.78 Å². The van der Waals surface area contributed by atoms with E-state index in [0.29, 0.717) is 23.0 Å². The largest absolute Gasteiger partial charge is 0.401 e. The lowest BCUT2D eigenvalue weighted by Crippen LogP contribution is -2.29. The highest BCUT2D eigenvalue weighted by Gasteiger charge is 2.27. The van der Waals surface area contributed by atoms with E-state index in [-0.39, 0.29) is 11.5 Å². The molecule has 0 radical (unpaired) electrons. The van der Waals surface area contributed by atoms with Gasteiger partial charge in [-0.05, 0) is 62.2 Å². The smallest absolute Gasteiger partial charge is 0.135 e. The lowest BCUT2D eigenvalue weighted by atomic mass is 9.82. The van der Waals surface area contributed by atoms with E-state index in [1.165, 1.54) is 12.1 Å². The summed E-state index contributed by atoms with van der Waals surface area (Å²) >= 11 is 0. The van der Waals surface area contributed by atoms with Crippen molar-refractivity contribution in [2.75, 3.05) is 0 Å². The molecule has 33 heavy (non-hydrogen) atoms. The van der Waals surface area contributed by atoms with Gasteiger partial charge in [0.15, 0.2) is 0 Å². The first kappa shape index (κ1) is 24.3. The minimum atomic E-state index is -0.649. The second kappa shape index (κ2) is 10.1. The minimum absolute atomic E-state index is 0.187. The van der Waals surface area contributed by atoms with Crippen molar-refractivity contribution in [3.8, 4) is 11.3 Å². The van der Waals surface area contributed by atoms with Crippen molar-refractivity contribution >= 4 is 11.4 Å². The van der Waals surface area contributed by atoms with Crippen LogP contribution in [0.1, 0.15) is 40.3 Å². The van der Waals surface area contributed by atoms with E-state index in [4.69, 9.17) is 10.7 Å². The molecule has 3 nitrogen and oxygen atoms in total. The number of nitrogens with zero attached hydrogens (tertiary/aromatic N) is 2. The summed E-state index contributed by atoms with van der Waals surface area (Å²) in [6.45, 7) is 10.4. The molecule has 0 saturated carbocycles. The van der Waals surface area contributed by atoms with Crippen molar-refractivity contribution in [2.45, 2.75) is 40.0 Å². The molecule has 1 heterocycles. The fraction of sp³-hybridized carbons (Fsp3) is 0.286. The first-order valence-electron chi connectivity index (χ1n) is 11.1. The number of aromatic nitrogens is 1. The minimum Gasteiger partial charge on any atom is -0.401 e. The van der Waals surface area contributed by atoms with Crippen LogP contribution >= 0.6 is 0 Å². The molecule has 0 bridgehead atoms. The van der Waals surface area contributed by atoms with Crippen LogP contribution in [0.5, 0.6) is 0 Å². The molecule has 2 N–H and O–H groups in total. The van der Waals surface area contributed by atoms with Crippen LogP contribution in [0.25, 0.3) is 11.3 Å². The van der Waals surface area contributed by atoms with E-state index < -0.39 is 17.0 Å². The molecule has 5 heteroatoms. The third kappa shape index (κ3) is 5.72. The third-order valence-electron chi connectivity index (χ3n) is 6.10. The molecule has 0 spiro atoms. The predicted octanol–water partition coefficient (Wildman–Crippen LogP) is 7.21. The Balaban J connectivity index is 2.02. The van der Waals surface area contributed by atoms with Gasteiger partial charge in [0.2, 0.25) is 0 Å². The second-order valence-electron chi connectivity index (χ2n) is 9.16. The molecule has 0 fully saturated rings. The highest BCUT2D eigenvalue weighted by molar-refractivity contribution is 5.99. The zero-order valence-corrected chi connectivity index (χ0v) is 19.8. The molecule has 0 aliphatic rings. The number of rotatable bonds is 7. The van der Waals surface area contributed by atoms with E-state index in [1.807, 2.05) is 62.4 Å². The van der Waals surface area contributed by atoms with Crippen molar-refractivity contribution in [3.05, 3.63) is 95.8 Å². The van der Waals surface area contributed by atoms with Crippen molar-refractivity contribution < 1.29 is 8.78 Å². The van der Waals surface area contributed by atoms with Crippen LogP contribution in [0.2, 0.25) is 0 Å². The van der Waals surface area contributed by atoms with Crippen LogP contribution in [0.3, 0.4) is 0 Å². The van der Waals surface area contributed by atoms with Gasteiger partial charge in [-0.3, -0.25) is 9.98 Å². The highest BCUT2D eigenvalue weighted by atomic mass is 19.1. The summed E-state index contributed by atoms with van der Waals surface area (Å²) in [5, 5.41) is 0. The number of hydrogen-bond donors (Lipinski definition) is 1. The lowest BCUT2D eigenvalue weighted by Gasteiger charge is -2.27. The van der Waals surface area contributed by atoms with Crippen LogP contribution in [0, 0.1) is 23.5 Å². The van der Waals surface area contributed by atoms with Crippen molar-refractivity contribution in [2.24, 2.45) is 22.6 Å². The highest BCUT2D eigenvalue weighted by Crippen LogP contribution is 2.31. The van der Waals surface area contributed by atoms with Gasteiger partial charge in [-0.15, -0.1) is 0 Å². The van der Waals surface area contributed by atoms with E-state index in [2.05, 4.69) is 25.8 Å². The predicted molar refractivity (Wildman–Crippen MR) is 132 cm³/mol. The van der Waals surface area contributed by atoms with Gasteiger partial charge in [0, 0.05) is 34.4 Å². The molecule has 1 unspecified atom stereocenters. The van der Waals surface area contributed by atoms with Gasteiger partial charge in [0.25, 0.3) is 0 Å². The van der Waals surface area contributed by atoms with Gasteiger partial charge in [-0.1, -0.05) is 45.0 Å². The molecular weight excluding hydrogens is 416 g/mol. The third-order valence-corrected chi connectivity index (χ3v) is 6.10. The van der Waals surface area contributed by atoms with Crippen LogP contribution in [0.4, 0.5) is 14.5 Å². The lowest BCUT2D eigenvalue weighted by molar-refractivity contribution is 0.532. The fourth-order valence-corrected chi connectivity index (χ4v) is 3.38. The fourth-order valence-electron chi connectivity index (χ4n) is 3.38. The summed E-state index contributed by atoms with van der Waals surface area (Å²) in [5.41, 5.74) is 9.72. The second-order valence-corrected chi connectivity index (χ2v) is 9.16. The molecule has 1 aromatic heterocycles. The Morgan fingerprint density at radius 2 is 1.67 bits per heavy atom. The van der Waals surface area contributed by atoms with Crippen LogP contribution in [-0.2, 0) is 5.41 Å². The number of benzene rings is 2. The van der Waals surface area contributed by atoms with Gasteiger partial charge in [-0.2, -0.15) is 0 Å². The van der Waals surface area contributed by atoms with Gasteiger partial charge in [0.1, 0.15) is 11.6 Å². The number of halogens is 2. The van der Waals surface area contributed by atoms with Gasteiger partial charge < -0.3 is 5.73 Å². The summed E-state index contributed by atoms with van der Waals surface area (Å²) in [7, 11) is 0. The zero-order chi connectivity index (χ0) is 24.2. The van der Waals surface area contributed by atoms with E-state index >= 15 is 0 Å². The molecular formula is C28H31F2N3. The van der Waals surface area contributed by atoms with Crippen LogP contribution in [-0.4, -0.2) is 10.7 Å². The molecule has 1 atom stereocenters. The van der Waals surface area contributed by atoms with Crippen molar-refractivity contribution in [1.82, 2.24) is 4.98 Å². The summed E-state index contributed by atoms with van der Waals surface area (Å²) in [6, 6.07) is 18.7. The maximum Gasteiger partial charge on any atom is 0.135 e. The molecule has 172 valence electrons. The normalized spacial score (nSPS) is 13.9. The number of para-hydroxylation sites is 1. The number of nitrogens with two attached hydrogens (primary N) is 1. The number of allylic oxidation sites excluding steroid dienone is 2. The number of pyridine rings is 1. The average Bonchev–Trinajstić information content (AvgIpc) is 2.78. The molecule has 0 saturated heterocycles. The molecule has 3 rings (SSSR count). The Morgan fingerprint density at radius 3 is 2.30 bits per heavy atom. The van der Waals surface area contributed by atoms with E-state index in [9.17, 15) is 8.78 Å². The van der Waals surface area contributed by atoms with Crippen molar-refractivity contribution in [1.29, 1.82) is 0 Å². The summed E-state index contributed by atoms with van der Waals surface area (Å²) in [4.78, 5) is 9.54. The summed E-state index contributed by atoms with van der Waals surface area (Å²) in [5.74, 6) is -0.705. The van der Waals surface area contributed by atoms with Crippen molar-refractivity contribution in [3.63, 3.8) is 0 Å². The summed E-state index contributed by atoms with van der Waals surface area (Å²) in [6.07, 6.45) is 1.94. The van der Waals surface area contributed by atoms with Crippen LogP contribution < -0.4 is 5.73 Å². The Labute approximate surface area is 195 Å². The molecule has 0 aliphatic heterocycles. The Bertz CT molecular complexity index is 1160. The summed E-state index contributed by atoms with van der Waals surface area (Å²) < 4.78 is 27.7. The Hall–Kier alpha value is -3.34. The maximum absolute atomic E-state index is 14.3. The Morgan fingerprint density at radius 1 is 0.970 bits per heavy atom. The molecule has 0 aliphatic carbocycles. The number of hydrogen-bond acceptors (Lipinski definition) is 3. The molecule has 3 aromatic rings. The standard InChI is InChI=1S/C28H31F2N3/c1-18(2)19(3)25(32-21-10-7-6-8-11-21)17-26(31)28(4,5)27-13-9-12-24(33-27)22-15-14-20(29)16-23(22)30/h6-19H,31H2,1-5H3. The topological polar surface area (TPSA) is 51.3 Å². The Kier molecular flexibility index (Phi) is 7.42. The van der Waals surface area contributed by atoms with E-state index in [0.717, 1.165) is 17.5 Å². The van der Waals surface area contributed by atoms with Gasteiger partial charge in [0.05, 0.1) is 17.1 Å². The van der Waals surface area contributed by atoms with E-state index in [1.54, 1.807) is 6.07 Å².